The molecule has 0 saturated carbocycles. The smallest absolute Gasteiger partial charge is 0.337 e. The lowest BCUT2D eigenvalue weighted by Gasteiger charge is -2.08. The van der Waals surface area contributed by atoms with Crippen molar-refractivity contribution in [2.75, 3.05) is 13.7 Å². The zero-order valence-electron chi connectivity index (χ0n) is 17.1. The maximum absolute atomic E-state index is 12.6. The van der Waals surface area contributed by atoms with Crippen LogP contribution in [0.1, 0.15) is 62.2 Å². The number of carbonyl (C=O) groups excluding carboxylic acids is 2. The molecule has 0 spiro atoms. The molecule has 1 aromatic carbocycles. The third-order valence-corrected chi connectivity index (χ3v) is 4.79. The van der Waals surface area contributed by atoms with E-state index in [1.165, 1.54) is 25.3 Å². The molecule has 29 heavy (non-hydrogen) atoms. The van der Waals surface area contributed by atoms with Crippen molar-refractivity contribution in [2.24, 2.45) is 0 Å². The molecule has 1 amide bonds. The van der Waals surface area contributed by atoms with E-state index in [1.807, 2.05) is 0 Å². The van der Waals surface area contributed by atoms with Crippen molar-refractivity contribution in [2.45, 2.75) is 58.4 Å². The van der Waals surface area contributed by atoms with Crippen molar-refractivity contribution < 1.29 is 14.3 Å². The first-order valence-electron chi connectivity index (χ1n) is 10.1. The number of nitrogens with zero attached hydrogens (tertiary/aromatic N) is 1. The number of carbonyl (C=O) groups is 2. The van der Waals surface area contributed by atoms with Gasteiger partial charge in [-0.2, -0.15) is 0 Å². The van der Waals surface area contributed by atoms with Crippen molar-refractivity contribution in [1.29, 1.82) is 0 Å². The van der Waals surface area contributed by atoms with Crippen LogP contribution in [0.25, 0.3) is 10.9 Å². The molecule has 2 N–H and O–H groups in total. The number of fused-ring (bicyclic) bond motifs is 1. The Kier molecular flexibility index (Phi) is 8.64. The van der Waals surface area contributed by atoms with Crippen LogP contribution in [-0.4, -0.2) is 35.1 Å². The van der Waals surface area contributed by atoms with Gasteiger partial charge in [0.15, 0.2) is 0 Å². The maximum atomic E-state index is 12.6. The van der Waals surface area contributed by atoms with Gasteiger partial charge in [-0.05, 0) is 37.5 Å². The summed E-state index contributed by atoms with van der Waals surface area (Å²) in [4.78, 5) is 50.9. The second-order valence-corrected chi connectivity index (χ2v) is 7.01. The van der Waals surface area contributed by atoms with Gasteiger partial charge in [-0.3, -0.25) is 14.2 Å². The number of unbranched alkanes of at least 4 members (excludes halogenated alkanes) is 4. The molecule has 2 rings (SSSR count). The summed E-state index contributed by atoms with van der Waals surface area (Å²) in [6.07, 6.45) is 5.76. The van der Waals surface area contributed by atoms with Crippen molar-refractivity contribution in [1.82, 2.24) is 14.9 Å². The average molecular weight is 403 g/mol. The highest BCUT2D eigenvalue weighted by atomic mass is 16.5. The molecule has 2 aromatic rings. The summed E-state index contributed by atoms with van der Waals surface area (Å²) in [6, 6.07) is 4.45. The fourth-order valence-electron chi connectivity index (χ4n) is 3.13. The maximum Gasteiger partial charge on any atom is 0.337 e. The molecular formula is C21H29N3O5. The molecule has 8 heteroatoms. The largest absolute Gasteiger partial charge is 0.465 e. The number of benzene rings is 1. The first kappa shape index (κ1) is 22.4. The number of hydrogen-bond acceptors (Lipinski definition) is 5. The van der Waals surface area contributed by atoms with Crippen LogP contribution in [0.2, 0.25) is 0 Å². The number of ether oxygens (including phenoxy) is 1. The van der Waals surface area contributed by atoms with E-state index in [2.05, 4.69) is 22.0 Å². The minimum absolute atomic E-state index is 0.0447. The second-order valence-electron chi connectivity index (χ2n) is 7.01. The summed E-state index contributed by atoms with van der Waals surface area (Å²) < 4.78 is 5.81. The van der Waals surface area contributed by atoms with Crippen molar-refractivity contribution in [3.05, 3.63) is 44.6 Å². The molecule has 0 bridgehead atoms. The Morgan fingerprint density at radius 2 is 1.90 bits per heavy atom. The number of amides is 1. The molecule has 158 valence electrons. The molecule has 0 fully saturated rings. The second kappa shape index (κ2) is 11.2. The number of aromatic amines is 1. The first-order chi connectivity index (χ1) is 14.0. The molecule has 0 atom stereocenters. The van der Waals surface area contributed by atoms with Crippen LogP contribution >= 0.6 is 0 Å². The van der Waals surface area contributed by atoms with Gasteiger partial charge in [0.1, 0.15) is 0 Å². The highest BCUT2D eigenvalue weighted by Gasteiger charge is 2.11. The van der Waals surface area contributed by atoms with E-state index in [4.69, 9.17) is 0 Å². The van der Waals surface area contributed by atoms with Gasteiger partial charge in [-0.15, -0.1) is 0 Å². The SMILES string of the molecule is CCCCCNC(=O)CCCCCn1c(=O)[nH]c2cc(C(=O)OC)ccc2c1=O. The fourth-order valence-corrected chi connectivity index (χ4v) is 3.13. The summed E-state index contributed by atoms with van der Waals surface area (Å²) in [5.41, 5.74) is -0.341. The number of nitrogens with one attached hydrogen (secondary N) is 2. The van der Waals surface area contributed by atoms with Gasteiger partial charge in [0.05, 0.1) is 23.6 Å². The Morgan fingerprint density at radius 1 is 1.10 bits per heavy atom. The van der Waals surface area contributed by atoms with E-state index in [0.29, 0.717) is 36.7 Å². The number of H-pyrrole nitrogens is 1. The molecule has 0 unspecified atom stereocenters. The lowest BCUT2D eigenvalue weighted by atomic mass is 10.1. The molecule has 0 saturated heterocycles. The summed E-state index contributed by atoms with van der Waals surface area (Å²) >= 11 is 0. The quantitative estimate of drug-likeness (QED) is 0.442. The zero-order chi connectivity index (χ0) is 21.2. The Labute approximate surface area is 169 Å². The average Bonchev–Trinajstić information content (AvgIpc) is 2.72. The van der Waals surface area contributed by atoms with Gasteiger partial charge < -0.3 is 15.0 Å². The first-order valence-corrected chi connectivity index (χ1v) is 10.1. The van der Waals surface area contributed by atoms with Gasteiger partial charge in [0.2, 0.25) is 5.91 Å². The predicted octanol–water partition coefficient (Wildman–Crippen LogP) is 2.34. The number of aromatic nitrogens is 2. The molecule has 1 heterocycles. The van der Waals surface area contributed by atoms with Gasteiger partial charge in [-0.1, -0.05) is 26.2 Å². The van der Waals surface area contributed by atoms with Crippen molar-refractivity contribution >= 4 is 22.8 Å². The third kappa shape index (κ3) is 6.30. The van der Waals surface area contributed by atoms with Crippen LogP contribution in [0.4, 0.5) is 0 Å². The fraction of sp³-hybridized carbons (Fsp3) is 0.524. The Morgan fingerprint density at radius 3 is 2.62 bits per heavy atom. The highest BCUT2D eigenvalue weighted by molar-refractivity contribution is 5.93. The highest BCUT2D eigenvalue weighted by Crippen LogP contribution is 2.10. The van der Waals surface area contributed by atoms with Gasteiger partial charge in [-0.25, -0.2) is 9.59 Å². The predicted molar refractivity (Wildman–Crippen MR) is 111 cm³/mol. The van der Waals surface area contributed by atoms with Crippen LogP contribution < -0.4 is 16.6 Å². The molecule has 0 radical (unpaired) electrons. The molecule has 8 nitrogen and oxygen atoms in total. The Balaban J connectivity index is 1.90. The van der Waals surface area contributed by atoms with E-state index in [1.54, 1.807) is 0 Å². The minimum Gasteiger partial charge on any atom is -0.465 e. The van der Waals surface area contributed by atoms with E-state index >= 15 is 0 Å². The normalized spacial score (nSPS) is 10.8. The lowest BCUT2D eigenvalue weighted by molar-refractivity contribution is -0.121. The van der Waals surface area contributed by atoms with Crippen molar-refractivity contribution in [3.8, 4) is 0 Å². The summed E-state index contributed by atoms with van der Waals surface area (Å²) in [5, 5.41) is 3.24. The Bertz CT molecular complexity index is 961. The van der Waals surface area contributed by atoms with Gasteiger partial charge >= 0.3 is 11.7 Å². The number of methoxy groups -OCH3 is 1. The van der Waals surface area contributed by atoms with Crippen LogP contribution in [0.15, 0.2) is 27.8 Å². The lowest BCUT2D eigenvalue weighted by Crippen LogP contribution is -2.35. The summed E-state index contributed by atoms with van der Waals surface area (Å²) in [5.74, 6) is -0.491. The molecule has 0 aliphatic rings. The Hall–Kier alpha value is -2.90. The van der Waals surface area contributed by atoms with E-state index < -0.39 is 17.2 Å². The summed E-state index contributed by atoms with van der Waals surface area (Å²) in [7, 11) is 1.27. The van der Waals surface area contributed by atoms with Crippen LogP contribution in [0, 0.1) is 0 Å². The standard InChI is InChI=1S/C21H29N3O5/c1-3-4-7-12-22-18(25)9-6-5-8-13-24-19(26)16-11-10-15(20(27)29-2)14-17(16)23-21(24)28/h10-11,14H,3-9,12-13H2,1-2H3,(H,22,25)(H,23,28). The van der Waals surface area contributed by atoms with Crippen LogP contribution in [0.3, 0.4) is 0 Å². The molecule has 0 aliphatic heterocycles. The third-order valence-electron chi connectivity index (χ3n) is 4.79. The van der Waals surface area contributed by atoms with E-state index in [-0.39, 0.29) is 18.0 Å². The number of hydrogen-bond donors (Lipinski definition) is 2. The summed E-state index contributed by atoms with van der Waals surface area (Å²) in [6.45, 7) is 3.11. The van der Waals surface area contributed by atoms with Crippen LogP contribution in [0.5, 0.6) is 0 Å². The topological polar surface area (TPSA) is 110 Å². The number of rotatable bonds is 11. The van der Waals surface area contributed by atoms with Crippen molar-refractivity contribution in [3.63, 3.8) is 0 Å². The zero-order valence-corrected chi connectivity index (χ0v) is 17.1. The van der Waals surface area contributed by atoms with Crippen LogP contribution in [-0.2, 0) is 16.1 Å². The van der Waals surface area contributed by atoms with E-state index in [9.17, 15) is 19.2 Å². The van der Waals surface area contributed by atoms with Gasteiger partial charge in [0.25, 0.3) is 5.56 Å². The molecular weight excluding hydrogens is 374 g/mol. The van der Waals surface area contributed by atoms with Gasteiger partial charge in [0, 0.05) is 19.5 Å². The van der Waals surface area contributed by atoms with E-state index in [0.717, 1.165) is 30.3 Å². The number of esters is 1. The molecule has 1 aromatic heterocycles. The minimum atomic E-state index is -0.536. The monoisotopic (exact) mass is 403 g/mol. The molecule has 0 aliphatic carbocycles.